The molecule has 0 spiro atoms. The van der Waals surface area contributed by atoms with Gasteiger partial charge in [-0.25, -0.2) is 0 Å². The monoisotopic (exact) mass is 270 g/mol. The summed E-state index contributed by atoms with van der Waals surface area (Å²) >= 11 is 0. The first-order chi connectivity index (χ1) is 8.75. The van der Waals surface area contributed by atoms with Crippen LogP contribution in [0.1, 0.15) is 33.6 Å². The number of carbonyl (C=O) groups excluding carboxylic acids is 1. The van der Waals surface area contributed by atoms with Crippen LogP contribution in [0.5, 0.6) is 0 Å². The summed E-state index contributed by atoms with van der Waals surface area (Å²) < 4.78 is 0. The predicted octanol–water partition coefficient (Wildman–Crippen LogP) is 1.28. The van der Waals surface area contributed by atoms with E-state index >= 15 is 0 Å². The summed E-state index contributed by atoms with van der Waals surface area (Å²) in [7, 11) is 3.99. The molecule has 0 aliphatic carbocycles. The minimum absolute atomic E-state index is 0.0826. The Bertz CT molecular complexity index is 344. The number of likely N-dealkylation sites (tertiary alicyclic amines) is 1. The number of amides is 1. The van der Waals surface area contributed by atoms with Crippen molar-refractivity contribution in [1.82, 2.24) is 9.80 Å². The van der Waals surface area contributed by atoms with Gasteiger partial charge in [-0.2, -0.15) is 0 Å². The summed E-state index contributed by atoms with van der Waals surface area (Å²) in [5.74, 6) is -1.25. The van der Waals surface area contributed by atoms with Crippen LogP contribution in [0, 0.1) is 11.8 Å². The fourth-order valence-corrected chi connectivity index (χ4v) is 3.06. The summed E-state index contributed by atoms with van der Waals surface area (Å²) in [6.45, 7) is 6.62. The van der Waals surface area contributed by atoms with Gasteiger partial charge in [0.1, 0.15) is 0 Å². The summed E-state index contributed by atoms with van der Waals surface area (Å²) in [5.41, 5.74) is 0. The molecule has 1 amide bonds. The second kappa shape index (κ2) is 6.37. The Morgan fingerprint density at radius 3 is 2.53 bits per heavy atom. The molecule has 1 N–H and O–H groups in total. The molecule has 0 saturated carbocycles. The van der Waals surface area contributed by atoms with Crippen LogP contribution in [0.2, 0.25) is 0 Å². The number of rotatable bonds is 5. The highest BCUT2D eigenvalue weighted by Gasteiger charge is 2.43. The number of hydrogen-bond donors (Lipinski definition) is 1. The van der Waals surface area contributed by atoms with E-state index in [1.807, 2.05) is 34.9 Å². The third kappa shape index (κ3) is 3.69. The highest BCUT2D eigenvalue weighted by atomic mass is 16.4. The van der Waals surface area contributed by atoms with E-state index in [9.17, 15) is 14.7 Å². The Morgan fingerprint density at radius 2 is 2.05 bits per heavy atom. The third-order valence-electron chi connectivity index (χ3n) is 4.11. The topological polar surface area (TPSA) is 60.9 Å². The zero-order valence-corrected chi connectivity index (χ0v) is 12.6. The van der Waals surface area contributed by atoms with E-state index in [0.717, 1.165) is 13.0 Å². The molecule has 0 aromatic heterocycles. The third-order valence-corrected chi connectivity index (χ3v) is 4.11. The Balaban J connectivity index is 2.80. The van der Waals surface area contributed by atoms with Crippen LogP contribution < -0.4 is 0 Å². The molecule has 1 rings (SSSR count). The quantitative estimate of drug-likeness (QED) is 0.817. The lowest BCUT2D eigenvalue weighted by atomic mass is 9.80. The largest absolute Gasteiger partial charge is 0.481 e. The van der Waals surface area contributed by atoms with Gasteiger partial charge in [-0.15, -0.1) is 0 Å². The van der Waals surface area contributed by atoms with Gasteiger partial charge >= 0.3 is 5.97 Å². The van der Waals surface area contributed by atoms with Crippen molar-refractivity contribution < 1.29 is 14.7 Å². The summed E-state index contributed by atoms with van der Waals surface area (Å²) in [6.07, 6.45) is 1.21. The molecule has 110 valence electrons. The van der Waals surface area contributed by atoms with Crippen LogP contribution in [-0.4, -0.2) is 59.5 Å². The fraction of sp³-hybridized carbons (Fsp3) is 0.857. The number of carboxylic acid groups (broad SMARTS) is 1. The van der Waals surface area contributed by atoms with Crippen LogP contribution in [-0.2, 0) is 9.59 Å². The van der Waals surface area contributed by atoms with Crippen LogP contribution in [0.3, 0.4) is 0 Å². The van der Waals surface area contributed by atoms with Gasteiger partial charge in [0.25, 0.3) is 0 Å². The van der Waals surface area contributed by atoms with E-state index < -0.39 is 11.9 Å². The molecule has 1 aliphatic heterocycles. The van der Waals surface area contributed by atoms with Crippen molar-refractivity contribution in [3.63, 3.8) is 0 Å². The Hall–Kier alpha value is -1.10. The molecule has 0 aromatic rings. The van der Waals surface area contributed by atoms with E-state index in [1.165, 1.54) is 0 Å². The molecule has 1 aliphatic rings. The Morgan fingerprint density at radius 1 is 1.47 bits per heavy atom. The molecule has 1 fully saturated rings. The zero-order valence-electron chi connectivity index (χ0n) is 12.6. The molecule has 0 bridgehead atoms. The highest BCUT2D eigenvalue weighted by molar-refractivity contribution is 5.82. The molecule has 1 heterocycles. The molecule has 19 heavy (non-hydrogen) atoms. The number of aliphatic carboxylic acids is 1. The number of carboxylic acids is 1. The van der Waals surface area contributed by atoms with Gasteiger partial charge < -0.3 is 14.9 Å². The van der Waals surface area contributed by atoms with E-state index in [4.69, 9.17) is 0 Å². The normalized spacial score (nSPS) is 29.7. The van der Waals surface area contributed by atoms with Gasteiger partial charge in [-0.05, 0) is 46.8 Å². The van der Waals surface area contributed by atoms with Crippen molar-refractivity contribution in [3.05, 3.63) is 0 Å². The van der Waals surface area contributed by atoms with Crippen molar-refractivity contribution in [2.75, 3.05) is 20.6 Å². The van der Waals surface area contributed by atoms with Crippen molar-refractivity contribution in [3.8, 4) is 0 Å². The van der Waals surface area contributed by atoms with Gasteiger partial charge in [0.15, 0.2) is 0 Å². The molecule has 1 saturated heterocycles. The number of piperidine rings is 1. The van der Waals surface area contributed by atoms with Crippen molar-refractivity contribution >= 4 is 11.9 Å². The molecule has 5 heteroatoms. The summed E-state index contributed by atoms with van der Waals surface area (Å²) in [4.78, 5) is 27.4. The van der Waals surface area contributed by atoms with Crippen LogP contribution >= 0.6 is 0 Å². The predicted molar refractivity (Wildman–Crippen MR) is 73.8 cm³/mol. The number of nitrogens with zero attached hydrogens (tertiary/aromatic N) is 2. The average molecular weight is 270 g/mol. The number of carbonyl (C=O) groups is 2. The molecule has 0 radical (unpaired) electrons. The lowest BCUT2D eigenvalue weighted by Crippen LogP contribution is -2.56. The van der Waals surface area contributed by atoms with E-state index in [1.54, 1.807) is 4.90 Å². The van der Waals surface area contributed by atoms with Gasteiger partial charge in [-0.1, -0.05) is 6.92 Å². The molecule has 5 nitrogen and oxygen atoms in total. The van der Waals surface area contributed by atoms with Crippen LogP contribution in [0.15, 0.2) is 0 Å². The van der Waals surface area contributed by atoms with Crippen LogP contribution in [0.25, 0.3) is 0 Å². The Labute approximate surface area is 115 Å². The number of hydrogen-bond acceptors (Lipinski definition) is 3. The minimum atomic E-state index is -0.794. The summed E-state index contributed by atoms with van der Waals surface area (Å²) in [6, 6.07) is -0.148. The maximum Gasteiger partial charge on any atom is 0.308 e. The van der Waals surface area contributed by atoms with Gasteiger partial charge in [-0.3, -0.25) is 9.59 Å². The SMILES string of the molecule is CC1CC(=O)N(C(C)CCN(C)C)C(C)C1C(=O)O. The van der Waals surface area contributed by atoms with Gasteiger partial charge in [0.05, 0.1) is 5.92 Å². The molecular formula is C14H26N2O3. The standard InChI is InChI=1S/C14H26N2O3/c1-9-8-12(17)16(10(2)6-7-15(4)5)11(3)13(9)14(18)19/h9-11,13H,6-8H2,1-5H3,(H,18,19). The second-order valence-corrected chi connectivity index (χ2v) is 6.03. The average Bonchev–Trinajstić information content (AvgIpc) is 2.24. The second-order valence-electron chi connectivity index (χ2n) is 6.03. The molecular weight excluding hydrogens is 244 g/mol. The smallest absolute Gasteiger partial charge is 0.308 e. The minimum Gasteiger partial charge on any atom is -0.481 e. The zero-order chi connectivity index (χ0) is 14.7. The maximum atomic E-state index is 12.2. The molecule has 4 unspecified atom stereocenters. The first-order valence-corrected chi connectivity index (χ1v) is 6.94. The van der Waals surface area contributed by atoms with Crippen molar-refractivity contribution in [1.29, 1.82) is 0 Å². The van der Waals surface area contributed by atoms with Crippen LogP contribution in [0.4, 0.5) is 0 Å². The molecule has 0 aromatic carbocycles. The lowest BCUT2D eigenvalue weighted by Gasteiger charge is -2.44. The van der Waals surface area contributed by atoms with E-state index in [2.05, 4.69) is 4.90 Å². The maximum absolute atomic E-state index is 12.2. The fourth-order valence-electron chi connectivity index (χ4n) is 3.06. The lowest BCUT2D eigenvalue weighted by molar-refractivity contribution is -0.156. The van der Waals surface area contributed by atoms with Gasteiger partial charge in [0, 0.05) is 18.5 Å². The Kier molecular flexibility index (Phi) is 5.35. The molecule has 4 atom stereocenters. The van der Waals surface area contributed by atoms with E-state index in [0.29, 0.717) is 6.42 Å². The van der Waals surface area contributed by atoms with Gasteiger partial charge in [0.2, 0.25) is 5.91 Å². The summed E-state index contributed by atoms with van der Waals surface area (Å²) in [5, 5.41) is 9.34. The van der Waals surface area contributed by atoms with E-state index in [-0.39, 0.29) is 23.9 Å². The first kappa shape index (κ1) is 16.0. The first-order valence-electron chi connectivity index (χ1n) is 6.94. The highest BCUT2D eigenvalue weighted by Crippen LogP contribution is 2.31. The van der Waals surface area contributed by atoms with Crippen molar-refractivity contribution in [2.24, 2.45) is 11.8 Å². The van der Waals surface area contributed by atoms with Crippen molar-refractivity contribution in [2.45, 2.75) is 45.7 Å².